The molecular formula is C13H14N2S. The van der Waals surface area contributed by atoms with E-state index in [0.29, 0.717) is 0 Å². The summed E-state index contributed by atoms with van der Waals surface area (Å²) in [5.74, 6) is 0.888. The molecule has 0 radical (unpaired) electrons. The van der Waals surface area contributed by atoms with Crippen molar-refractivity contribution in [3.05, 3.63) is 54.1 Å². The van der Waals surface area contributed by atoms with E-state index in [-0.39, 0.29) is 0 Å². The van der Waals surface area contributed by atoms with Crippen LogP contribution in [0.15, 0.2) is 53.4 Å². The molecule has 3 heteroatoms. The Balaban J connectivity index is 2.05. The maximum absolute atomic E-state index is 5.87. The summed E-state index contributed by atoms with van der Waals surface area (Å²) in [7, 11) is 0. The highest BCUT2D eigenvalue weighted by Crippen LogP contribution is 2.27. The SMILES string of the molecule is Nc1cccc(CSc2ccccc2N)c1. The molecule has 16 heavy (non-hydrogen) atoms. The molecule has 0 heterocycles. The molecule has 82 valence electrons. The topological polar surface area (TPSA) is 52.0 Å². The molecule has 0 amide bonds. The second kappa shape index (κ2) is 4.94. The average Bonchev–Trinajstić information content (AvgIpc) is 2.28. The highest BCUT2D eigenvalue weighted by Gasteiger charge is 1.99. The Morgan fingerprint density at radius 1 is 0.938 bits per heavy atom. The Kier molecular flexibility index (Phi) is 3.37. The van der Waals surface area contributed by atoms with E-state index in [0.717, 1.165) is 22.0 Å². The first kappa shape index (κ1) is 10.9. The second-order valence-corrected chi connectivity index (χ2v) is 4.59. The van der Waals surface area contributed by atoms with E-state index in [9.17, 15) is 0 Å². The fraction of sp³-hybridized carbons (Fsp3) is 0.0769. The van der Waals surface area contributed by atoms with Crippen LogP contribution in [0.1, 0.15) is 5.56 Å². The van der Waals surface area contributed by atoms with Crippen molar-refractivity contribution >= 4 is 23.1 Å². The molecule has 2 aromatic carbocycles. The molecule has 0 saturated heterocycles. The molecule has 0 atom stereocenters. The number of hydrogen-bond acceptors (Lipinski definition) is 3. The standard InChI is InChI=1S/C13H14N2S/c14-11-5-3-4-10(8-11)9-16-13-7-2-1-6-12(13)15/h1-8H,9,14-15H2. The first-order valence-corrected chi connectivity index (χ1v) is 6.06. The Hall–Kier alpha value is -1.61. The molecule has 2 aromatic rings. The van der Waals surface area contributed by atoms with Crippen LogP contribution in [0.2, 0.25) is 0 Å². The van der Waals surface area contributed by atoms with Crippen LogP contribution in [-0.4, -0.2) is 0 Å². The van der Waals surface area contributed by atoms with Crippen LogP contribution < -0.4 is 11.5 Å². The Morgan fingerprint density at radius 3 is 2.50 bits per heavy atom. The van der Waals surface area contributed by atoms with Gasteiger partial charge in [-0.3, -0.25) is 0 Å². The fourth-order valence-electron chi connectivity index (χ4n) is 1.46. The summed E-state index contributed by atoms with van der Waals surface area (Å²) in [5.41, 5.74) is 14.4. The van der Waals surface area contributed by atoms with Gasteiger partial charge in [0.25, 0.3) is 0 Å². The summed E-state index contributed by atoms with van der Waals surface area (Å²) in [5, 5.41) is 0. The molecular weight excluding hydrogens is 216 g/mol. The smallest absolute Gasteiger partial charge is 0.0452 e. The third-order valence-corrected chi connectivity index (χ3v) is 3.42. The summed E-state index contributed by atoms with van der Waals surface area (Å²) >= 11 is 1.73. The predicted octanol–water partition coefficient (Wildman–Crippen LogP) is 3.14. The van der Waals surface area contributed by atoms with Crippen molar-refractivity contribution in [3.8, 4) is 0 Å². The normalized spacial score (nSPS) is 10.2. The van der Waals surface area contributed by atoms with Gasteiger partial charge in [-0.05, 0) is 29.8 Å². The van der Waals surface area contributed by atoms with Crippen LogP contribution in [0, 0.1) is 0 Å². The molecule has 0 aliphatic heterocycles. The zero-order chi connectivity index (χ0) is 11.4. The second-order valence-electron chi connectivity index (χ2n) is 3.57. The van der Waals surface area contributed by atoms with Gasteiger partial charge in [0.2, 0.25) is 0 Å². The largest absolute Gasteiger partial charge is 0.399 e. The molecule has 0 unspecified atom stereocenters. The molecule has 0 spiro atoms. The van der Waals surface area contributed by atoms with Gasteiger partial charge in [-0.1, -0.05) is 24.3 Å². The number of benzene rings is 2. The van der Waals surface area contributed by atoms with E-state index in [1.807, 2.05) is 42.5 Å². The molecule has 4 N–H and O–H groups in total. The molecule has 2 nitrogen and oxygen atoms in total. The number of anilines is 2. The highest BCUT2D eigenvalue weighted by atomic mass is 32.2. The zero-order valence-corrected chi connectivity index (χ0v) is 9.71. The average molecular weight is 230 g/mol. The minimum Gasteiger partial charge on any atom is -0.399 e. The lowest BCUT2D eigenvalue weighted by Gasteiger charge is -2.05. The van der Waals surface area contributed by atoms with E-state index in [1.54, 1.807) is 11.8 Å². The van der Waals surface area contributed by atoms with E-state index >= 15 is 0 Å². The molecule has 0 aromatic heterocycles. The number of nitrogens with two attached hydrogens (primary N) is 2. The van der Waals surface area contributed by atoms with Gasteiger partial charge in [0.15, 0.2) is 0 Å². The first-order valence-electron chi connectivity index (χ1n) is 5.07. The van der Waals surface area contributed by atoms with E-state index in [4.69, 9.17) is 11.5 Å². The zero-order valence-electron chi connectivity index (χ0n) is 8.89. The number of rotatable bonds is 3. The van der Waals surface area contributed by atoms with Crippen molar-refractivity contribution in [3.63, 3.8) is 0 Å². The third kappa shape index (κ3) is 2.70. The minimum atomic E-state index is 0.805. The summed E-state index contributed by atoms with van der Waals surface area (Å²) in [4.78, 5) is 1.12. The Morgan fingerprint density at radius 2 is 1.75 bits per heavy atom. The molecule has 0 bridgehead atoms. The maximum Gasteiger partial charge on any atom is 0.0452 e. The van der Waals surface area contributed by atoms with Gasteiger partial charge < -0.3 is 11.5 Å². The summed E-state index contributed by atoms with van der Waals surface area (Å²) < 4.78 is 0. The fourth-order valence-corrected chi connectivity index (χ4v) is 2.37. The lowest BCUT2D eigenvalue weighted by molar-refractivity contribution is 1.38. The summed E-state index contributed by atoms with van der Waals surface area (Å²) in [6, 6.07) is 15.8. The van der Waals surface area contributed by atoms with Crippen molar-refractivity contribution in [2.24, 2.45) is 0 Å². The third-order valence-electron chi connectivity index (χ3n) is 2.26. The molecule has 0 saturated carbocycles. The van der Waals surface area contributed by atoms with Crippen molar-refractivity contribution in [2.45, 2.75) is 10.6 Å². The maximum atomic E-state index is 5.87. The molecule has 0 aliphatic carbocycles. The van der Waals surface area contributed by atoms with Gasteiger partial charge in [0.1, 0.15) is 0 Å². The van der Waals surface area contributed by atoms with E-state index in [1.165, 1.54) is 5.56 Å². The van der Waals surface area contributed by atoms with Gasteiger partial charge >= 0.3 is 0 Å². The minimum absolute atomic E-state index is 0.805. The van der Waals surface area contributed by atoms with Crippen molar-refractivity contribution < 1.29 is 0 Å². The van der Waals surface area contributed by atoms with Crippen molar-refractivity contribution in [2.75, 3.05) is 11.5 Å². The van der Waals surface area contributed by atoms with Gasteiger partial charge in [-0.25, -0.2) is 0 Å². The number of nitrogen functional groups attached to an aromatic ring is 2. The van der Waals surface area contributed by atoms with Crippen LogP contribution >= 0.6 is 11.8 Å². The quantitative estimate of drug-likeness (QED) is 0.629. The predicted molar refractivity (Wildman–Crippen MR) is 71.3 cm³/mol. The molecule has 2 rings (SSSR count). The molecule has 0 aliphatic rings. The lowest BCUT2D eigenvalue weighted by atomic mass is 10.2. The number of thioether (sulfide) groups is 1. The lowest BCUT2D eigenvalue weighted by Crippen LogP contribution is -1.89. The van der Waals surface area contributed by atoms with E-state index < -0.39 is 0 Å². The van der Waals surface area contributed by atoms with Gasteiger partial charge in [-0.15, -0.1) is 11.8 Å². The highest BCUT2D eigenvalue weighted by molar-refractivity contribution is 7.98. The Bertz CT molecular complexity index is 483. The van der Waals surface area contributed by atoms with Crippen LogP contribution in [0.5, 0.6) is 0 Å². The van der Waals surface area contributed by atoms with Gasteiger partial charge in [0.05, 0.1) is 0 Å². The van der Waals surface area contributed by atoms with Crippen LogP contribution in [0.4, 0.5) is 11.4 Å². The number of para-hydroxylation sites is 1. The van der Waals surface area contributed by atoms with E-state index in [2.05, 4.69) is 6.07 Å². The summed E-state index contributed by atoms with van der Waals surface area (Å²) in [6.45, 7) is 0. The van der Waals surface area contributed by atoms with Crippen LogP contribution in [0.3, 0.4) is 0 Å². The van der Waals surface area contributed by atoms with Crippen molar-refractivity contribution in [1.82, 2.24) is 0 Å². The van der Waals surface area contributed by atoms with Gasteiger partial charge in [-0.2, -0.15) is 0 Å². The van der Waals surface area contributed by atoms with Crippen LogP contribution in [-0.2, 0) is 5.75 Å². The van der Waals surface area contributed by atoms with Crippen LogP contribution in [0.25, 0.3) is 0 Å². The monoisotopic (exact) mass is 230 g/mol. The van der Waals surface area contributed by atoms with Crippen molar-refractivity contribution in [1.29, 1.82) is 0 Å². The summed E-state index contributed by atoms with van der Waals surface area (Å²) in [6.07, 6.45) is 0. The first-order chi connectivity index (χ1) is 7.75. The number of hydrogen-bond donors (Lipinski definition) is 2. The molecule has 0 fully saturated rings. The van der Waals surface area contributed by atoms with Gasteiger partial charge in [0, 0.05) is 22.0 Å². The Labute approximate surface area is 99.7 Å².